The highest BCUT2D eigenvalue weighted by Gasteiger charge is 2.72. The van der Waals surface area contributed by atoms with Crippen LogP contribution >= 0.6 is 0 Å². The Bertz CT molecular complexity index is 660. The van der Waals surface area contributed by atoms with Gasteiger partial charge >= 0.3 is 12.1 Å². The lowest BCUT2D eigenvalue weighted by Crippen LogP contribution is -2.53. The van der Waals surface area contributed by atoms with E-state index in [-0.39, 0.29) is 13.1 Å². The Morgan fingerprint density at radius 2 is 0.920 bits per heavy atom. The van der Waals surface area contributed by atoms with Crippen LogP contribution < -0.4 is 11.5 Å². The molecule has 2 aromatic rings. The smallest absolute Gasteiger partial charge is 0.326 e. The van der Waals surface area contributed by atoms with Crippen LogP contribution in [0.25, 0.3) is 0 Å². The summed E-state index contributed by atoms with van der Waals surface area (Å²) in [6.45, 7) is 0.0842. The van der Waals surface area contributed by atoms with E-state index in [1.54, 1.807) is 0 Å². The molecule has 0 fully saturated rings. The fourth-order valence-corrected chi connectivity index (χ4v) is 2.47. The van der Waals surface area contributed by atoms with Crippen LogP contribution in [0.1, 0.15) is 22.3 Å². The Kier molecular flexibility index (Phi) is 5.15. The summed E-state index contributed by atoms with van der Waals surface area (Å²) in [6.07, 6.45) is -6.08. The first-order chi connectivity index (χ1) is 11.6. The highest BCUT2D eigenvalue weighted by molar-refractivity contribution is 5.42. The van der Waals surface area contributed by atoms with Gasteiger partial charge in [-0.3, -0.25) is 0 Å². The zero-order valence-corrected chi connectivity index (χ0v) is 13.0. The van der Waals surface area contributed by atoms with E-state index in [1.807, 2.05) is 0 Å². The average molecular weight is 362 g/mol. The van der Waals surface area contributed by atoms with Crippen LogP contribution in [0.4, 0.5) is 26.3 Å². The molecule has 0 spiro atoms. The molecule has 0 atom stereocenters. The first-order valence-corrected chi connectivity index (χ1v) is 7.30. The normalized spacial score (nSPS) is 13.1. The maximum atomic E-state index is 15.5. The number of benzene rings is 2. The first-order valence-electron chi connectivity index (χ1n) is 7.30. The quantitative estimate of drug-likeness (QED) is 0.790. The lowest BCUT2D eigenvalue weighted by molar-refractivity contribution is -0.323. The van der Waals surface area contributed by atoms with Gasteiger partial charge in [-0.25, -0.2) is 4.39 Å². The van der Waals surface area contributed by atoms with Gasteiger partial charge in [0.15, 0.2) is 0 Å². The molecule has 0 aliphatic carbocycles. The molecule has 0 saturated heterocycles. The fourth-order valence-electron chi connectivity index (χ4n) is 2.47. The minimum atomic E-state index is -6.08. The van der Waals surface area contributed by atoms with Gasteiger partial charge < -0.3 is 11.5 Å². The van der Waals surface area contributed by atoms with Crippen molar-refractivity contribution < 1.29 is 26.3 Å². The molecule has 0 radical (unpaired) electrons. The number of alkyl halides is 6. The van der Waals surface area contributed by atoms with Gasteiger partial charge in [0.1, 0.15) is 0 Å². The predicted octanol–water partition coefficient (Wildman–Crippen LogP) is 4.01. The standard InChI is InChI=1S/C17H16F6N2/c18-15(16(19,20)17(21,22)23,13-5-1-11(9-24)2-6-13)14-7-3-12(10-25)4-8-14/h1-8H,9-10,24-25H2. The Hall–Kier alpha value is -2.06. The van der Waals surface area contributed by atoms with Crippen molar-refractivity contribution in [3.05, 3.63) is 70.8 Å². The topological polar surface area (TPSA) is 52.0 Å². The predicted molar refractivity (Wildman–Crippen MR) is 81.6 cm³/mol. The van der Waals surface area contributed by atoms with E-state index >= 15 is 4.39 Å². The van der Waals surface area contributed by atoms with E-state index in [9.17, 15) is 22.0 Å². The van der Waals surface area contributed by atoms with Crippen LogP contribution in [0.3, 0.4) is 0 Å². The molecule has 0 amide bonds. The Balaban J connectivity index is 2.69. The van der Waals surface area contributed by atoms with Crippen molar-refractivity contribution >= 4 is 0 Å². The molecule has 0 unspecified atom stereocenters. The Morgan fingerprint density at radius 3 is 1.16 bits per heavy atom. The molecule has 136 valence electrons. The second-order valence-electron chi connectivity index (χ2n) is 5.53. The highest BCUT2D eigenvalue weighted by Crippen LogP contribution is 2.54. The average Bonchev–Trinajstić information content (AvgIpc) is 2.60. The van der Waals surface area contributed by atoms with Gasteiger partial charge in [0.2, 0.25) is 5.67 Å². The summed E-state index contributed by atoms with van der Waals surface area (Å²) >= 11 is 0. The van der Waals surface area contributed by atoms with E-state index in [2.05, 4.69) is 0 Å². The van der Waals surface area contributed by atoms with Gasteiger partial charge in [-0.2, -0.15) is 22.0 Å². The van der Waals surface area contributed by atoms with Crippen molar-refractivity contribution in [3.63, 3.8) is 0 Å². The highest BCUT2D eigenvalue weighted by atomic mass is 19.4. The van der Waals surface area contributed by atoms with Crippen molar-refractivity contribution in [3.8, 4) is 0 Å². The molecule has 0 heterocycles. The molecule has 0 aromatic heterocycles. The first kappa shape index (κ1) is 19.3. The third-order valence-corrected chi connectivity index (χ3v) is 3.96. The summed E-state index contributed by atoms with van der Waals surface area (Å²) < 4.78 is 82.7. The van der Waals surface area contributed by atoms with Crippen molar-refractivity contribution in [1.82, 2.24) is 0 Å². The summed E-state index contributed by atoms with van der Waals surface area (Å²) in [5.41, 5.74) is 5.97. The SMILES string of the molecule is NCc1ccc(C(F)(c2ccc(CN)cc2)C(F)(F)C(F)(F)F)cc1. The minimum Gasteiger partial charge on any atom is -0.326 e. The minimum absolute atomic E-state index is 0.0421. The molecule has 4 N–H and O–H groups in total. The maximum absolute atomic E-state index is 15.5. The van der Waals surface area contributed by atoms with E-state index in [0.29, 0.717) is 11.1 Å². The molecule has 2 rings (SSSR count). The molecule has 25 heavy (non-hydrogen) atoms. The summed E-state index contributed by atoms with van der Waals surface area (Å²) in [5, 5.41) is 0. The molecule has 0 saturated carbocycles. The molecule has 0 aliphatic rings. The second kappa shape index (κ2) is 6.68. The van der Waals surface area contributed by atoms with Crippen molar-refractivity contribution in [2.24, 2.45) is 11.5 Å². The number of hydrogen-bond donors (Lipinski definition) is 2. The summed E-state index contributed by atoms with van der Waals surface area (Å²) in [4.78, 5) is 0. The monoisotopic (exact) mass is 362 g/mol. The zero-order valence-electron chi connectivity index (χ0n) is 13.0. The van der Waals surface area contributed by atoms with Gasteiger partial charge in [0.05, 0.1) is 0 Å². The van der Waals surface area contributed by atoms with Crippen molar-refractivity contribution in [1.29, 1.82) is 0 Å². The van der Waals surface area contributed by atoms with Crippen molar-refractivity contribution in [2.75, 3.05) is 0 Å². The van der Waals surface area contributed by atoms with E-state index in [4.69, 9.17) is 11.5 Å². The van der Waals surface area contributed by atoms with E-state index in [0.717, 1.165) is 24.3 Å². The summed E-state index contributed by atoms with van der Waals surface area (Å²) in [7, 11) is 0. The molecule has 8 heteroatoms. The van der Waals surface area contributed by atoms with Crippen LogP contribution in [-0.4, -0.2) is 12.1 Å². The van der Waals surface area contributed by atoms with Crippen LogP contribution in [0.2, 0.25) is 0 Å². The van der Waals surface area contributed by atoms with Gasteiger partial charge in [0, 0.05) is 24.2 Å². The summed E-state index contributed by atoms with van der Waals surface area (Å²) in [5.74, 6) is -5.64. The second-order valence-corrected chi connectivity index (χ2v) is 5.53. The van der Waals surface area contributed by atoms with Crippen LogP contribution in [-0.2, 0) is 18.8 Å². The van der Waals surface area contributed by atoms with E-state index in [1.165, 1.54) is 24.3 Å². The van der Waals surface area contributed by atoms with Crippen molar-refractivity contribution in [2.45, 2.75) is 30.9 Å². The third kappa shape index (κ3) is 3.23. The van der Waals surface area contributed by atoms with Gasteiger partial charge in [0.25, 0.3) is 0 Å². The number of hydrogen-bond acceptors (Lipinski definition) is 2. The molecule has 0 bridgehead atoms. The molecular formula is C17H16F6N2. The number of halogens is 6. The van der Waals surface area contributed by atoms with Crippen LogP contribution in [0.15, 0.2) is 48.5 Å². The Morgan fingerprint density at radius 1 is 0.600 bits per heavy atom. The van der Waals surface area contributed by atoms with Gasteiger partial charge in [-0.15, -0.1) is 0 Å². The number of nitrogens with two attached hydrogens (primary N) is 2. The summed E-state index contributed by atoms with van der Waals surface area (Å²) in [6, 6.07) is 8.40. The van der Waals surface area contributed by atoms with Gasteiger partial charge in [-0.05, 0) is 11.1 Å². The van der Waals surface area contributed by atoms with Gasteiger partial charge in [-0.1, -0.05) is 48.5 Å². The fraction of sp³-hybridized carbons (Fsp3) is 0.294. The zero-order chi connectivity index (χ0) is 18.9. The van der Waals surface area contributed by atoms with Crippen LogP contribution in [0.5, 0.6) is 0 Å². The largest absolute Gasteiger partial charge is 0.457 e. The number of rotatable bonds is 5. The lowest BCUT2D eigenvalue weighted by Gasteiger charge is -2.35. The van der Waals surface area contributed by atoms with E-state index < -0.39 is 28.9 Å². The molecule has 0 aliphatic heterocycles. The molecule has 2 aromatic carbocycles. The molecular weight excluding hydrogens is 346 g/mol. The van der Waals surface area contributed by atoms with Crippen LogP contribution in [0, 0.1) is 0 Å². The lowest BCUT2D eigenvalue weighted by atomic mass is 9.81. The third-order valence-electron chi connectivity index (χ3n) is 3.96. The Labute approximate surface area is 140 Å². The molecule has 2 nitrogen and oxygen atoms in total. The maximum Gasteiger partial charge on any atom is 0.457 e.